The molecule has 1 saturated heterocycles. The van der Waals surface area contributed by atoms with Gasteiger partial charge in [-0.25, -0.2) is 4.79 Å². The topological polar surface area (TPSA) is 99.6 Å². The average molecular weight is 340 g/mol. The smallest absolute Gasteiger partial charge is 0.330 e. The van der Waals surface area contributed by atoms with Crippen molar-refractivity contribution >= 4 is 5.97 Å². The van der Waals surface area contributed by atoms with Gasteiger partial charge in [0.2, 0.25) is 0 Å². The van der Waals surface area contributed by atoms with Gasteiger partial charge >= 0.3 is 11.7 Å². The molecule has 0 aromatic carbocycles. The zero-order valence-corrected chi connectivity index (χ0v) is 14.2. The van der Waals surface area contributed by atoms with Crippen molar-refractivity contribution in [1.29, 1.82) is 0 Å². The number of methoxy groups -OCH3 is 1. The van der Waals surface area contributed by atoms with Crippen molar-refractivity contribution in [2.45, 2.75) is 45.4 Å². The maximum Gasteiger partial charge on any atom is 0.330 e. The summed E-state index contributed by atoms with van der Waals surface area (Å²) in [6.45, 7) is 4.62. The summed E-state index contributed by atoms with van der Waals surface area (Å²) in [7, 11) is 1.32. The molecule has 1 N–H and O–H groups in total. The minimum absolute atomic E-state index is 0.236. The van der Waals surface area contributed by atoms with Gasteiger partial charge in [0.15, 0.2) is 0 Å². The van der Waals surface area contributed by atoms with Crippen LogP contribution in [0, 0.1) is 5.41 Å². The average Bonchev–Trinajstić information content (AvgIpc) is 2.88. The van der Waals surface area contributed by atoms with Crippen LogP contribution >= 0.6 is 0 Å². The number of carbonyl (C=O) groups is 1. The molecule has 0 bridgehead atoms. The van der Waals surface area contributed by atoms with Gasteiger partial charge in [-0.3, -0.25) is 19.1 Å². The fourth-order valence-corrected chi connectivity index (χ4v) is 2.81. The predicted molar refractivity (Wildman–Crippen MR) is 85.7 cm³/mol. The third-order valence-corrected chi connectivity index (χ3v) is 4.36. The zero-order valence-electron chi connectivity index (χ0n) is 14.2. The molecule has 2 rings (SSSR count). The lowest BCUT2D eigenvalue weighted by molar-refractivity contribution is -0.157. The van der Waals surface area contributed by atoms with Gasteiger partial charge in [-0.2, -0.15) is 0 Å². The number of ether oxygens (including phenoxy) is 3. The molecule has 2 heterocycles. The van der Waals surface area contributed by atoms with Gasteiger partial charge in [0.25, 0.3) is 5.56 Å². The Kier molecular flexibility index (Phi) is 5.95. The molecule has 1 aliphatic heterocycles. The lowest BCUT2D eigenvalue weighted by Gasteiger charge is -2.26. The number of unbranched alkanes of at least 4 members (excludes halogenated alkanes) is 1. The van der Waals surface area contributed by atoms with E-state index in [4.69, 9.17) is 14.2 Å². The molecule has 8 nitrogen and oxygen atoms in total. The lowest BCUT2D eigenvalue weighted by atomic mass is 9.83. The van der Waals surface area contributed by atoms with Gasteiger partial charge in [-0.15, -0.1) is 0 Å². The van der Waals surface area contributed by atoms with Crippen LogP contribution in [0.1, 0.15) is 39.3 Å². The van der Waals surface area contributed by atoms with E-state index in [2.05, 4.69) is 11.9 Å². The first-order valence-corrected chi connectivity index (χ1v) is 8.05. The van der Waals surface area contributed by atoms with E-state index in [-0.39, 0.29) is 13.0 Å². The number of esters is 1. The molecule has 0 spiro atoms. The molecule has 0 unspecified atom stereocenters. The molecule has 24 heavy (non-hydrogen) atoms. The Bertz CT molecular complexity index is 682. The summed E-state index contributed by atoms with van der Waals surface area (Å²) >= 11 is 0. The molecule has 1 aromatic rings. The highest BCUT2D eigenvalue weighted by Crippen LogP contribution is 2.43. The number of hydrogen-bond donors (Lipinski definition) is 1. The van der Waals surface area contributed by atoms with Crippen LogP contribution < -0.4 is 11.2 Å². The number of carbonyl (C=O) groups excluding carboxylic acids is 1. The molecule has 0 radical (unpaired) electrons. The van der Waals surface area contributed by atoms with Crippen molar-refractivity contribution in [3.8, 4) is 0 Å². The van der Waals surface area contributed by atoms with Crippen molar-refractivity contribution in [1.82, 2.24) is 9.55 Å². The number of nitrogens with zero attached hydrogens (tertiary/aromatic N) is 1. The Hall–Kier alpha value is -1.93. The summed E-state index contributed by atoms with van der Waals surface area (Å²) in [6, 6.07) is 1.24. The van der Waals surface area contributed by atoms with Crippen LogP contribution in [0.25, 0.3) is 0 Å². The summed E-state index contributed by atoms with van der Waals surface area (Å²) in [5, 5.41) is 0. The van der Waals surface area contributed by atoms with E-state index in [1.165, 1.54) is 23.9 Å². The Morgan fingerprint density at radius 3 is 2.88 bits per heavy atom. The third-order valence-electron chi connectivity index (χ3n) is 4.36. The van der Waals surface area contributed by atoms with E-state index in [0.29, 0.717) is 6.61 Å². The number of aromatic amines is 1. The molecular formula is C16H24N2O6. The van der Waals surface area contributed by atoms with Gasteiger partial charge in [-0.1, -0.05) is 13.3 Å². The predicted octanol–water partition coefficient (Wildman–Crippen LogP) is 0.820. The van der Waals surface area contributed by atoms with Crippen LogP contribution in [-0.2, 0) is 19.0 Å². The molecular weight excluding hydrogens is 316 g/mol. The fraction of sp³-hybridized carbons (Fsp3) is 0.688. The maximum absolute atomic E-state index is 12.2. The highest BCUT2D eigenvalue weighted by atomic mass is 16.6. The zero-order chi connectivity index (χ0) is 17.7. The minimum Gasteiger partial charge on any atom is -0.469 e. The number of nitrogens with one attached hydrogen (secondary N) is 1. The SMILES string of the molecule is CCCCOC[C@H]1O[C@@H](n2ccc(=O)[nH]c2=O)C[C@@]1(C)C(=O)OC. The van der Waals surface area contributed by atoms with Crippen molar-refractivity contribution in [2.24, 2.45) is 5.41 Å². The highest BCUT2D eigenvalue weighted by Gasteiger charge is 2.52. The number of rotatable bonds is 7. The summed E-state index contributed by atoms with van der Waals surface area (Å²) in [6.07, 6.45) is 2.35. The monoisotopic (exact) mass is 340 g/mol. The van der Waals surface area contributed by atoms with Crippen molar-refractivity contribution in [3.05, 3.63) is 33.1 Å². The van der Waals surface area contributed by atoms with Gasteiger partial charge in [-0.05, 0) is 13.3 Å². The summed E-state index contributed by atoms with van der Waals surface area (Å²) in [5.74, 6) is -0.411. The van der Waals surface area contributed by atoms with Crippen LogP contribution in [0.4, 0.5) is 0 Å². The molecule has 3 atom stereocenters. The molecule has 0 saturated carbocycles. The van der Waals surface area contributed by atoms with Crippen LogP contribution in [-0.4, -0.2) is 41.9 Å². The Morgan fingerprint density at radius 2 is 2.25 bits per heavy atom. The minimum atomic E-state index is -0.929. The standard InChI is InChI=1S/C16H24N2O6/c1-4-5-8-23-10-11-16(2,14(20)22-3)9-13(24-11)18-7-6-12(19)17-15(18)21/h6-7,11,13H,4-5,8-10H2,1-3H3,(H,17,19,21)/t11-,13-,16-/m1/s1. The van der Waals surface area contributed by atoms with Gasteiger partial charge < -0.3 is 14.2 Å². The maximum atomic E-state index is 12.2. The van der Waals surface area contributed by atoms with E-state index in [1.54, 1.807) is 6.92 Å². The van der Waals surface area contributed by atoms with Gasteiger partial charge in [0, 0.05) is 25.3 Å². The van der Waals surface area contributed by atoms with Crippen molar-refractivity contribution in [2.75, 3.05) is 20.3 Å². The third kappa shape index (κ3) is 3.76. The second-order valence-electron chi connectivity index (χ2n) is 6.14. The summed E-state index contributed by atoms with van der Waals surface area (Å²) in [5.41, 5.74) is -1.99. The van der Waals surface area contributed by atoms with E-state index in [1.807, 2.05) is 0 Å². The van der Waals surface area contributed by atoms with E-state index >= 15 is 0 Å². The molecule has 134 valence electrons. The molecule has 1 aliphatic rings. The van der Waals surface area contributed by atoms with E-state index < -0.39 is 35.0 Å². The summed E-state index contributed by atoms with van der Waals surface area (Å²) < 4.78 is 17.7. The first kappa shape index (κ1) is 18.4. The molecule has 0 amide bonds. The summed E-state index contributed by atoms with van der Waals surface area (Å²) in [4.78, 5) is 37.6. The highest BCUT2D eigenvalue weighted by molar-refractivity contribution is 5.77. The Labute approximate surface area is 139 Å². The molecule has 1 aromatic heterocycles. The van der Waals surface area contributed by atoms with E-state index in [9.17, 15) is 14.4 Å². The van der Waals surface area contributed by atoms with Crippen LogP contribution in [0.15, 0.2) is 21.9 Å². The fourth-order valence-electron chi connectivity index (χ4n) is 2.81. The van der Waals surface area contributed by atoms with Gasteiger partial charge in [0.05, 0.1) is 25.2 Å². The van der Waals surface area contributed by atoms with E-state index in [0.717, 1.165) is 12.8 Å². The van der Waals surface area contributed by atoms with Crippen LogP contribution in [0.5, 0.6) is 0 Å². The first-order chi connectivity index (χ1) is 11.4. The lowest BCUT2D eigenvalue weighted by Crippen LogP contribution is -2.40. The largest absolute Gasteiger partial charge is 0.469 e. The van der Waals surface area contributed by atoms with Crippen LogP contribution in [0.3, 0.4) is 0 Å². The second-order valence-corrected chi connectivity index (χ2v) is 6.14. The Balaban J connectivity index is 2.20. The Morgan fingerprint density at radius 1 is 1.50 bits per heavy atom. The van der Waals surface area contributed by atoms with Crippen molar-refractivity contribution in [3.63, 3.8) is 0 Å². The van der Waals surface area contributed by atoms with Gasteiger partial charge in [0.1, 0.15) is 6.23 Å². The molecule has 8 heteroatoms. The number of aromatic nitrogens is 2. The number of hydrogen-bond acceptors (Lipinski definition) is 6. The van der Waals surface area contributed by atoms with Crippen LogP contribution in [0.2, 0.25) is 0 Å². The molecule has 1 fully saturated rings. The first-order valence-electron chi connectivity index (χ1n) is 8.05. The normalized spacial score (nSPS) is 26.5. The number of H-pyrrole nitrogens is 1. The van der Waals surface area contributed by atoms with Crippen molar-refractivity contribution < 1.29 is 19.0 Å². The molecule has 0 aliphatic carbocycles. The quantitative estimate of drug-likeness (QED) is 0.583. The second kappa shape index (κ2) is 7.76.